The van der Waals surface area contributed by atoms with Gasteiger partial charge >= 0.3 is 0 Å². The van der Waals surface area contributed by atoms with Gasteiger partial charge in [-0.1, -0.05) is 54.1 Å². The van der Waals surface area contributed by atoms with Gasteiger partial charge in [-0.3, -0.25) is 10.1 Å². The lowest BCUT2D eigenvalue weighted by Gasteiger charge is -2.15. The summed E-state index contributed by atoms with van der Waals surface area (Å²) in [5.74, 6) is 0.887. The number of nitrogens with zero attached hydrogens (tertiary/aromatic N) is 3. The van der Waals surface area contributed by atoms with Gasteiger partial charge in [-0.25, -0.2) is 0 Å². The fourth-order valence-electron chi connectivity index (χ4n) is 4.54. The molecule has 0 bridgehead atoms. The number of carbonyl (C=O) groups excluding carboxylic acids is 1. The van der Waals surface area contributed by atoms with Crippen LogP contribution >= 0.6 is 11.6 Å². The predicted molar refractivity (Wildman–Crippen MR) is 193 cm³/mol. The minimum atomic E-state index is -0.866. The predicted octanol–water partition coefficient (Wildman–Crippen LogP) is 5.37. The Balaban J connectivity index is 1.09. The van der Waals surface area contributed by atoms with E-state index in [1.807, 2.05) is 54.6 Å². The van der Waals surface area contributed by atoms with Gasteiger partial charge in [0.15, 0.2) is 0 Å². The van der Waals surface area contributed by atoms with Crippen molar-refractivity contribution in [2.45, 2.75) is 12.8 Å². The van der Waals surface area contributed by atoms with Gasteiger partial charge in [-0.2, -0.15) is 15.0 Å². The van der Waals surface area contributed by atoms with Gasteiger partial charge in [-0.15, -0.1) is 0 Å². The van der Waals surface area contributed by atoms with Crippen LogP contribution in [0.1, 0.15) is 27.7 Å². The number of benzene rings is 4. The molecule has 1 aromatic heterocycles. The van der Waals surface area contributed by atoms with Crippen LogP contribution in [0.15, 0.2) is 103 Å². The molecule has 4 aromatic carbocycles. The number of phenols is 1. The Kier molecular flexibility index (Phi) is 13.7. The number of halogens is 1. The molecule has 1 amide bonds. The van der Waals surface area contributed by atoms with Crippen molar-refractivity contribution in [3.05, 3.63) is 125 Å². The van der Waals surface area contributed by atoms with E-state index < -0.39 is 6.23 Å². The molecule has 0 saturated carbocycles. The highest BCUT2D eigenvalue weighted by Gasteiger charge is 2.11. The zero-order chi connectivity index (χ0) is 35.0. The number of aliphatic hydroxyl groups is 1. The number of aromatic hydroxyl groups is 1. The number of amides is 1. The lowest BCUT2D eigenvalue weighted by atomic mass is 10.1. The summed E-state index contributed by atoms with van der Waals surface area (Å²) in [5.41, 5.74) is 3.68. The molecule has 0 aliphatic rings. The average Bonchev–Trinajstić information content (AvgIpc) is 3.13. The Morgan fingerprint density at radius 2 is 1.28 bits per heavy atom. The number of ether oxygens (including phenoxy) is 2. The summed E-state index contributed by atoms with van der Waals surface area (Å²) < 4.78 is 11.2. The van der Waals surface area contributed by atoms with Crippen molar-refractivity contribution in [1.82, 2.24) is 25.6 Å². The summed E-state index contributed by atoms with van der Waals surface area (Å²) in [4.78, 5) is 25.5. The van der Waals surface area contributed by atoms with E-state index in [2.05, 4.69) is 41.5 Å². The van der Waals surface area contributed by atoms with E-state index in [1.54, 1.807) is 48.5 Å². The van der Waals surface area contributed by atoms with Crippen LogP contribution in [-0.2, 0) is 16.0 Å². The molecule has 14 heteroatoms. The number of aliphatic hydroxyl groups excluding tert-OH is 1. The largest absolute Gasteiger partial charge is 0.508 e. The molecular formula is C36H39ClN8O5. The number of hydrogen-bond donors (Lipinski definition) is 7. The normalized spacial score (nSPS) is 11.5. The number of carbonyl (C=O) groups is 1. The third-order valence-corrected chi connectivity index (χ3v) is 7.38. The van der Waals surface area contributed by atoms with Crippen LogP contribution in [0, 0.1) is 0 Å². The van der Waals surface area contributed by atoms with Gasteiger partial charge in [0.25, 0.3) is 5.91 Å². The number of rotatable bonds is 19. The summed E-state index contributed by atoms with van der Waals surface area (Å²) in [6, 6.07) is 30.2. The molecule has 0 saturated heterocycles. The van der Waals surface area contributed by atoms with Crippen molar-refractivity contribution in [2.24, 2.45) is 0 Å². The highest BCUT2D eigenvalue weighted by atomic mass is 35.5. The zero-order valence-corrected chi connectivity index (χ0v) is 27.9. The highest BCUT2D eigenvalue weighted by Crippen LogP contribution is 2.22. The standard InChI is InChI=1S/C36H39ClN8O5/c37-28-10-6-25(7-11-28)24-40-33(48)27-8-12-29(13-9-27)41-35-43-34(44-36(45-35)42-30-14-16-31(46)17-15-30)39-19-21-50-23-22-49-20-18-38-32(47)26-4-2-1-3-5-26/h1-17,33,40,46,48H,18-24H2,(H,38,47)(H3,39,41,42,43,44,45). The molecule has 13 nitrogen and oxygen atoms in total. The minimum absolute atomic E-state index is 0.137. The summed E-state index contributed by atoms with van der Waals surface area (Å²) in [7, 11) is 0. The van der Waals surface area contributed by atoms with Crippen molar-refractivity contribution in [3.8, 4) is 5.75 Å². The summed E-state index contributed by atoms with van der Waals surface area (Å²) in [5, 5.41) is 36.3. The van der Waals surface area contributed by atoms with E-state index in [4.69, 9.17) is 21.1 Å². The second kappa shape index (κ2) is 19.0. The molecule has 5 aromatic rings. The van der Waals surface area contributed by atoms with Gasteiger partial charge in [0.1, 0.15) is 12.0 Å². The van der Waals surface area contributed by atoms with E-state index in [9.17, 15) is 15.0 Å². The van der Waals surface area contributed by atoms with E-state index in [-0.39, 0.29) is 23.6 Å². The molecule has 260 valence electrons. The maximum absolute atomic E-state index is 12.1. The zero-order valence-electron chi connectivity index (χ0n) is 27.2. The fourth-order valence-corrected chi connectivity index (χ4v) is 4.66. The van der Waals surface area contributed by atoms with Crippen molar-refractivity contribution in [3.63, 3.8) is 0 Å². The second-order valence-corrected chi connectivity index (χ2v) is 11.3. The van der Waals surface area contributed by atoms with Crippen molar-refractivity contribution in [1.29, 1.82) is 0 Å². The third-order valence-electron chi connectivity index (χ3n) is 7.12. The Morgan fingerprint density at radius 1 is 0.700 bits per heavy atom. The van der Waals surface area contributed by atoms with E-state index in [0.29, 0.717) is 79.5 Å². The van der Waals surface area contributed by atoms with Gasteiger partial charge in [-0.05, 0) is 71.8 Å². The monoisotopic (exact) mass is 698 g/mol. The van der Waals surface area contributed by atoms with Crippen LogP contribution < -0.4 is 26.6 Å². The minimum Gasteiger partial charge on any atom is -0.508 e. The Morgan fingerprint density at radius 3 is 1.92 bits per heavy atom. The first-order chi connectivity index (χ1) is 24.4. The first-order valence-corrected chi connectivity index (χ1v) is 16.4. The lowest BCUT2D eigenvalue weighted by molar-refractivity contribution is 0.0519. The van der Waals surface area contributed by atoms with Crippen molar-refractivity contribution in [2.75, 3.05) is 55.5 Å². The van der Waals surface area contributed by atoms with Crippen LogP contribution in [0.3, 0.4) is 0 Å². The summed E-state index contributed by atoms with van der Waals surface area (Å²) in [6.45, 7) is 2.82. The van der Waals surface area contributed by atoms with Crippen LogP contribution in [0.2, 0.25) is 5.02 Å². The number of nitrogens with one attached hydrogen (secondary N) is 5. The first kappa shape index (κ1) is 36.0. The molecule has 0 radical (unpaired) electrons. The molecule has 7 N–H and O–H groups in total. The van der Waals surface area contributed by atoms with Gasteiger partial charge in [0, 0.05) is 41.6 Å². The van der Waals surface area contributed by atoms with Crippen molar-refractivity contribution >= 4 is 46.7 Å². The molecule has 1 unspecified atom stereocenters. The number of aromatic nitrogens is 3. The van der Waals surface area contributed by atoms with Crippen LogP contribution in [0.5, 0.6) is 5.75 Å². The van der Waals surface area contributed by atoms with E-state index in [0.717, 1.165) is 5.56 Å². The lowest BCUT2D eigenvalue weighted by Crippen LogP contribution is -2.27. The number of hydrogen-bond acceptors (Lipinski definition) is 12. The maximum atomic E-state index is 12.1. The smallest absolute Gasteiger partial charge is 0.251 e. The Labute approximate surface area is 295 Å². The Hall–Kier alpha value is -5.31. The van der Waals surface area contributed by atoms with E-state index in [1.165, 1.54) is 0 Å². The van der Waals surface area contributed by atoms with Gasteiger partial charge < -0.3 is 41.0 Å². The molecule has 1 heterocycles. The van der Waals surface area contributed by atoms with Crippen LogP contribution in [0.4, 0.5) is 29.2 Å². The van der Waals surface area contributed by atoms with Crippen LogP contribution in [-0.4, -0.2) is 70.6 Å². The summed E-state index contributed by atoms with van der Waals surface area (Å²) >= 11 is 5.96. The first-order valence-electron chi connectivity index (χ1n) is 16.0. The molecular weight excluding hydrogens is 660 g/mol. The maximum Gasteiger partial charge on any atom is 0.251 e. The highest BCUT2D eigenvalue weighted by molar-refractivity contribution is 6.30. The van der Waals surface area contributed by atoms with Gasteiger partial charge in [0.2, 0.25) is 17.8 Å². The molecule has 50 heavy (non-hydrogen) atoms. The van der Waals surface area contributed by atoms with E-state index >= 15 is 0 Å². The van der Waals surface area contributed by atoms with Crippen LogP contribution in [0.25, 0.3) is 0 Å². The molecule has 0 spiro atoms. The molecule has 0 aliphatic heterocycles. The average molecular weight is 699 g/mol. The quantitative estimate of drug-likeness (QED) is 0.0334. The second-order valence-electron chi connectivity index (χ2n) is 10.9. The Bertz CT molecular complexity index is 1770. The molecule has 1 atom stereocenters. The SMILES string of the molecule is O=C(NCCOCCOCCNc1nc(Nc2ccc(O)cc2)nc(Nc2ccc(C(O)NCc3ccc(Cl)cc3)cc2)n1)c1ccccc1. The topological polar surface area (TPSA) is 175 Å². The molecule has 5 rings (SSSR count). The van der Waals surface area contributed by atoms with Gasteiger partial charge in [0.05, 0.1) is 26.4 Å². The molecule has 0 aliphatic carbocycles. The number of phenolic OH excluding ortho intramolecular Hbond substituents is 1. The third kappa shape index (κ3) is 12.0. The fraction of sp³-hybridized carbons (Fsp3) is 0.222. The summed E-state index contributed by atoms with van der Waals surface area (Å²) in [6.07, 6.45) is -0.866. The molecule has 0 fully saturated rings. The van der Waals surface area contributed by atoms with Crippen molar-refractivity contribution < 1.29 is 24.5 Å². The number of anilines is 5.